The zero-order valence-electron chi connectivity index (χ0n) is 13.6. The number of fused-ring (bicyclic) bond motifs is 1. The summed E-state index contributed by atoms with van der Waals surface area (Å²) in [5.41, 5.74) is 1.30. The molecule has 1 aliphatic heterocycles. The van der Waals surface area contributed by atoms with E-state index in [0.717, 1.165) is 6.42 Å². The predicted molar refractivity (Wildman–Crippen MR) is 92.2 cm³/mol. The SMILES string of the molecule is CCCCCCCCCCCCC1=c2ccccc2=C[N]1. The van der Waals surface area contributed by atoms with Gasteiger partial charge in [-0.2, -0.15) is 0 Å². The van der Waals surface area contributed by atoms with Crippen LogP contribution in [0.4, 0.5) is 0 Å². The molecule has 0 aromatic heterocycles. The van der Waals surface area contributed by atoms with Crippen molar-refractivity contribution in [2.24, 2.45) is 0 Å². The monoisotopic (exact) mass is 284 g/mol. The van der Waals surface area contributed by atoms with Crippen LogP contribution in [0.2, 0.25) is 0 Å². The van der Waals surface area contributed by atoms with Crippen molar-refractivity contribution in [3.8, 4) is 0 Å². The van der Waals surface area contributed by atoms with Crippen LogP contribution in [-0.4, -0.2) is 0 Å². The molecule has 0 spiro atoms. The third-order valence-corrected chi connectivity index (χ3v) is 4.40. The summed E-state index contributed by atoms with van der Waals surface area (Å²) in [7, 11) is 0. The summed E-state index contributed by atoms with van der Waals surface area (Å²) >= 11 is 0. The Bertz CT molecular complexity index is 515. The van der Waals surface area contributed by atoms with E-state index in [0.29, 0.717) is 0 Å². The molecular formula is C20H30N. The summed E-state index contributed by atoms with van der Waals surface area (Å²) < 4.78 is 0. The number of nitrogens with zero attached hydrogens (tertiary/aromatic N) is 1. The molecule has 1 aromatic rings. The van der Waals surface area contributed by atoms with Gasteiger partial charge in [0.15, 0.2) is 0 Å². The van der Waals surface area contributed by atoms with Crippen LogP contribution in [0.25, 0.3) is 11.9 Å². The van der Waals surface area contributed by atoms with Crippen molar-refractivity contribution in [3.05, 3.63) is 34.7 Å². The third kappa shape index (κ3) is 5.57. The summed E-state index contributed by atoms with van der Waals surface area (Å²) in [6.07, 6.45) is 17.1. The number of hydrogen-bond donors (Lipinski definition) is 0. The lowest BCUT2D eigenvalue weighted by molar-refractivity contribution is 0.557. The van der Waals surface area contributed by atoms with Crippen LogP contribution < -0.4 is 15.8 Å². The Morgan fingerprint density at radius 1 is 0.762 bits per heavy atom. The van der Waals surface area contributed by atoms with E-state index >= 15 is 0 Å². The standard InChI is InChI=1S/C20H30N/c1-2-3-4-5-6-7-8-9-10-11-16-20-19-15-13-12-14-18(19)17-21-20/h12-15,17H,2-11,16H2,1H3. The maximum absolute atomic E-state index is 4.57. The highest BCUT2D eigenvalue weighted by Gasteiger charge is 2.05. The Balaban J connectivity index is 1.53. The molecule has 1 heterocycles. The number of hydrogen-bond acceptors (Lipinski definition) is 0. The van der Waals surface area contributed by atoms with E-state index in [2.05, 4.69) is 36.5 Å². The van der Waals surface area contributed by atoms with Crippen LogP contribution in [-0.2, 0) is 0 Å². The molecule has 0 bridgehead atoms. The Hall–Kier alpha value is -1.24. The summed E-state index contributed by atoms with van der Waals surface area (Å²) in [5, 5.41) is 7.22. The molecule has 2 rings (SSSR count). The van der Waals surface area contributed by atoms with Crippen LogP contribution in [0.5, 0.6) is 0 Å². The molecule has 0 unspecified atom stereocenters. The smallest absolute Gasteiger partial charge is 0.0482 e. The molecule has 0 saturated carbocycles. The van der Waals surface area contributed by atoms with Gasteiger partial charge in [-0.1, -0.05) is 89.0 Å². The quantitative estimate of drug-likeness (QED) is 0.533. The van der Waals surface area contributed by atoms with Crippen molar-refractivity contribution in [2.75, 3.05) is 0 Å². The van der Waals surface area contributed by atoms with Crippen molar-refractivity contribution in [2.45, 2.75) is 77.6 Å². The predicted octanol–water partition coefficient (Wildman–Crippen LogP) is 4.46. The van der Waals surface area contributed by atoms with Crippen molar-refractivity contribution < 1.29 is 0 Å². The second kappa shape index (κ2) is 9.65. The fourth-order valence-corrected chi connectivity index (χ4v) is 3.07. The van der Waals surface area contributed by atoms with Gasteiger partial charge in [0.1, 0.15) is 0 Å². The van der Waals surface area contributed by atoms with Gasteiger partial charge in [0.2, 0.25) is 0 Å². The summed E-state index contributed by atoms with van der Waals surface area (Å²) in [6, 6.07) is 8.57. The molecule has 1 radical (unpaired) electrons. The molecule has 1 aromatic carbocycles. The Labute approximate surface area is 130 Å². The van der Waals surface area contributed by atoms with Crippen molar-refractivity contribution in [3.63, 3.8) is 0 Å². The van der Waals surface area contributed by atoms with Gasteiger partial charge in [-0.15, -0.1) is 0 Å². The minimum Gasteiger partial charge on any atom is -0.260 e. The molecule has 0 amide bonds. The van der Waals surface area contributed by atoms with Gasteiger partial charge in [-0.25, -0.2) is 0 Å². The van der Waals surface area contributed by atoms with Crippen LogP contribution in [0, 0.1) is 0 Å². The van der Waals surface area contributed by atoms with Gasteiger partial charge in [-0.05, 0) is 12.8 Å². The van der Waals surface area contributed by atoms with E-state index in [1.807, 2.05) is 6.20 Å². The topological polar surface area (TPSA) is 14.1 Å². The van der Waals surface area contributed by atoms with E-state index in [9.17, 15) is 0 Å². The molecule has 0 N–H and O–H groups in total. The largest absolute Gasteiger partial charge is 0.260 e. The normalized spacial score (nSPS) is 12.9. The fourth-order valence-electron chi connectivity index (χ4n) is 3.07. The van der Waals surface area contributed by atoms with E-state index < -0.39 is 0 Å². The molecule has 1 heteroatoms. The van der Waals surface area contributed by atoms with Crippen molar-refractivity contribution in [1.29, 1.82) is 0 Å². The van der Waals surface area contributed by atoms with Gasteiger partial charge in [-0.3, -0.25) is 5.32 Å². The van der Waals surface area contributed by atoms with Crippen LogP contribution in [0.15, 0.2) is 24.3 Å². The highest BCUT2D eigenvalue weighted by Crippen LogP contribution is 2.13. The average molecular weight is 284 g/mol. The van der Waals surface area contributed by atoms with Gasteiger partial charge in [0.05, 0.1) is 0 Å². The Kier molecular flexibility index (Phi) is 7.42. The zero-order chi connectivity index (χ0) is 14.8. The zero-order valence-corrected chi connectivity index (χ0v) is 13.6. The lowest BCUT2D eigenvalue weighted by atomic mass is 10.0. The van der Waals surface area contributed by atoms with Crippen molar-refractivity contribution >= 4 is 11.9 Å². The van der Waals surface area contributed by atoms with Crippen molar-refractivity contribution in [1.82, 2.24) is 5.32 Å². The first-order chi connectivity index (χ1) is 10.4. The molecular weight excluding hydrogens is 254 g/mol. The van der Waals surface area contributed by atoms with Gasteiger partial charge in [0, 0.05) is 22.3 Å². The number of benzene rings is 1. The van der Waals surface area contributed by atoms with E-state index in [1.165, 1.54) is 80.3 Å². The second-order valence-electron chi connectivity index (χ2n) is 6.22. The minimum atomic E-state index is 1.14. The first-order valence-corrected chi connectivity index (χ1v) is 8.91. The fraction of sp³-hybridized carbons (Fsp3) is 0.600. The molecule has 0 atom stereocenters. The van der Waals surface area contributed by atoms with Gasteiger partial charge in [0.25, 0.3) is 0 Å². The molecule has 1 aliphatic rings. The molecule has 0 fully saturated rings. The number of unbranched alkanes of at least 4 members (excludes halogenated alkanes) is 9. The van der Waals surface area contributed by atoms with Gasteiger partial charge < -0.3 is 0 Å². The molecule has 0 saturated heterocycles. The summed E-state index contributed by atoms with van der Waals surface area (Å²) in [6.45, 7) is 2.28. The minimum absolute atomic E-state index is 1.14. The van der Waals surface area contributed by atoms with E-state index in [1.54, 1.807) is 0 Å². The maximum Gasteiger partial charge on any atom is 0.0482 e. The van der Waals surface area contributed by atoms with Gasteiger partial charge >= 0.3 is 0 Å². The maximum atomic E-state index is 4.57. The van der Waals surface area contributed by atoms with Crippen LogP contribution in [0.3, 0.4) is 0 Å². The molecule has 21 heavy (non-hydrogen) atoms. The third-order valence-electron chi connectivity index (χ3n) is 4.40. The Morgan fingerprint density at radius 2 is 1.38 bits per heavy atom. The first-order valence-electron chi connectivity index (χ1n) is 8.91. The second-order valence-corrected chi connectivity index (χ2v) is 6.22. The lowest BCUT2D eigenvalue weighted by Crippen LogP contribution is -2.21. The summed E-state index contributed by atoms with van der Waals surface area (Å²) in [4.78, 5) is 0. The number of rotatable bonds is 11. The average Bonchev–Trinajstić information content (AvgIpc) is 2.92. The molecule has 115 valence electrons. The lowest BCUT2D eigenvalue weighted by Gasteiger charge is -2.03. The molecule has 0 aliphatic carbocycles. The van der Waals surface area contributed by atoms with E-state index in [4.69, 9.17) is 0 Å². The molecule has 1 nitrogen and oxygen atoms in total. The van der Waals surface area contributed by atoms with E-state index in [-0.39, 0.29) is 0 Å². The first kappa shape index (κ1) is 16.1. The summed E-state index contributed by atoms with van der Waals surface area (Å²) in [5.74, 6) is 0. The highest BCUT2D eigenvalue weighted by atomic mass is 14.9. The van der Waals surface area contributed by atoms with Crippen LogP contribution in [0.1, 0.15) is 77.6 Å². The van der Waals surface area contributed by atoms with Crippen LogP contribution >= 0.6 is 0 Å². The highest BCUT2D eigenvalue weighted by molar-refractivity contribution is 5.54. The Morgan fingerprint density at radius 3 is 2.10 bits per heavy atom.